The molecule has 1 aromatic heterocycles. The molecule has 0 amide bonds. The number of pyridine rings is 1. The maximum absolute atomic E-state index is 5.78. The predicted octanol–water partition coefficient (Wildman–Crippen LogP) is 3.62. The Labute approximate surface area is 114 Å². The quantitative estimate of drug-likeness (QED) is 0.857. The van der Waals surface area contributed by atoms with Crippen LogP contribution in [0.2, 0.25) is 0 Å². The van der Waals surface area contributed by atoms with E-state index in [0.717, 1.165) is 30.3 Å². The van der Waals surface area contributed by atoms with Crippen LogP contribution in [0.5, 0.6) is 11.5 Å². The molecule has 3 nitrogen and oxygen atoms in total. The van der Waals surface area contributed by atoms with Crippen molar-refractivity contribution in [2.45, 2.75) is 20.4 Å². The van der Waals surface area contributed by atoms with Crippen molar-refractivity contribution in [3.05, 3.63) is 54.4 Å². The smallest absolute Gasteiger partial charge is 0.130 e. The highest BCUT2D eigenvalue weighted by Gasteiger charge is 2.00. The highest BCUT2D eigenvalue weighted by molar-refractivity contribution is 5.30. The summed E-state index contributed by atoms with van der Waals surface area (Å²) in [6, 6.07) is 13.6. The van der Waals surface area contributed by atoms with Gasteiger partial charge in [0.05, 0.1) is 5.69 Å². The Morgan fingerprint density at radius 1 is 1.11 bits per heavy atom. The number of benzene rings is 1. The zero-order valence-corrected chi connectivity index (χ0v) is 11.5. The zero-order valence-electron chi connectivity index (χ0n) is 11.5. The molecule has 0 aliphatic rings. The van der Waals surface area contributed by atoms with E-state index in [2.05, 4.69) is 24.1 Å². The van der Waals surface area contributed by atoms with Gasteiger partial charge in [-0.1, -0.05) is 32.0 Å². The fourth-order valence-corrected chi connectivity index (χ4v) is 1.73. The molecule has 0 saturated heterocycles. The Morgan fingerprint density at radius 3 is 2.63 bits per heavy atom. The lowest BCUT2D eigenvalue weighted by Gasteiger charge is -2.09. The van der Waals surface area contributed by atoms with E-state index in [1.54, 1.807) is 6.20 Å². The summed E-state index contributed by atoms with van der Waals surface area (Å²) >= 11 is 0. The largest absolute Gasteiger partial charge is 0.457 e. The highest BCUT2D eigenvalue weighted by atomic mass is 16.5. The minimum absolute atomic E-state index is 0.642. The summed E-state index contributed by atoms with van der Waals surface area (Å²) in [5.74, 6) is 2.31. The molecule has 1 heterocycles. The van der Waals surface area contributed by atoms with E-state index in [-0.39, 0.29) is 0 Å². The fraction of sp³-hybridized carbons (Fsp3) is 0.312. The Hall–Kier alpha value is -1.87. The Kier molecular flexibility index (Phi) is 4.93. The van der Waals surface area contributed by atoms with E-state index in [0.29, 0.717) is 5.92 Å². The summed E-state index contributed by atoms with van der Waals surface area (Å²) in [5.41, 5.74) is 0.995. The van der Waals surface area contributed by atoms with Crippen LogP contribution in [0.25, 0.3) is 0 Å². The molecule has 0 unspecified atom stereocenters. The number of nitrogens with one attached hydrogen (secondary N) is 1. The fourth-order valence-electron chi connectivity index (χ4n) is 1.73. The van der Waals surface area contributed by atoms with Gasteiger partial charge in [0.15, 0.2) is 0 Å². The van der Waals surface area contributed by atoms with Gasteiger partial charge in [-0.3, -0.25) is 4.98 Å². The topological polar surface area (TPSA) is 34.1 Å². The van der Waals surface area contributed by atoms with Gasteiger partial charge in [0.1, 0.15) is 11.5 Å². The number of hydrogen-bond donors (Lipinski definition) is 1. The molecule has 0 fully saturated rings. The molecular weight excluding hydrogens is 236 g/mol. The third-order valence-corrected chi connectivity index (χ3v) is 2.63. The first-order chi connectivity index (χ1) is 9.24. The molecule has 100 valence electrons. The molecular formula is C16H20N2O. The van der Waals surface area contributed by atoms with Gasteiger partial charge in [-0.2, -0.15) is 0 Å². The van der Waals surface area contributed by atoms with Crippen LogP contribution in [0.15, 0.2) is 48.7 Å². The van der Waals surface area contributed by atoms with E-state index >= 15 is 0 Å². The van der Waals surface area contributed by atoms with Crippen LogP contribution < -0.4 is 10.1 Å². The zero-order chi connectivity index (χ0) is 13.5. The van der Waals surface area contributed by atoms with Crippen molar-refractivity contribution in [3.63, 3.8) is 0 Å². The van der Waals surface area contributed by atoms with Gasteiger partial charge in [-0.15, -0.1) is 0 Å². The molecule has 1 aromatic carbocycles. The van der Waals surface area contributed by atoms with Gasteiger partial charge in [0.25, 0.3) is 0 Å². The van der Waals surface area contributed by atoms with Crippen LogP contribution in [0.1, 0.15) is 19.5 Å². The number of ether oxygens (including phenoxy) is 1. The average Bonchev–Trinajstić information content (AvgIpc) is 2.40. The summed E-state index contributed by atoms with van der Waals surface area (Å²) in [7, 11) is 0. The SMILES string of the molecule is CC(C)CNCc1cc(Oc2ccccc2)ccn1. The third kappa shape index (κ3) is 4.72. The van der Waals surface area contributed by atoms with Gasteiger partial charge in [0, 0.05) is 18.8 Å². The van der Waals surface area contributed by atoms with Crippen molar-refractivity contribution < 1.29 is 4.74 Å². The normalized spacial score (nSPS) is 10.7. The first-order valence-corrected chi connectivity index (χ1v) is 6.62. The number of hydrogen-bond acceptors (Lipinski definition) is 3. The molecule has 3 heteroatoms. The predicted molar refractivity (Wildman–Crippen MR) is 77.3 cm³/mol. The van der Waals surface area contributed by atoms with Crippen molar-refractivity contribution in [1.82, 2.24) is 10.3 Å². The van der Waals surface area contributed by atoms with Crippen LogP contribution in [0.3, 0.4) is 0 Å². The summed E-state index contributed by atoms with van der Waals surface area (Å²) in [6.07, 6.45) is 1.78. The van der Waals surface area contributed by atoms with Gasteiger partial charge in [-0.25, -0.2) is 0 Å². The first kappa shape index (κ1) is 13.6. The summed E-state index contributed by atoms with van der Waals surface area (Å²) in [5, 5.41) is 3.37. The van der Waals surface area contributed by atoms with Crippen LogP contribution >= 0.6 is 0 Å². The second-order valence-corrected chi connectivity index (χ2v) is 4.92. The molecule has 0 aliphatic carbocycles. The molecule has 0 radical (unpaired) electrons. The summed E-state index contributed by atoms with van der Waals surface area (Å²) in [4.78, 5) is 4.34. The molecule has 19 heavy (non-hydrogen) atoms. The minimum Gasteiger partial charge on any atom is -0.457 e. The van der Waals surface area contributed by atoms with Crippen LogP contribution in [0, 0.1) is 5.92 Å². The number of aromatic nitrogens is 1. The van der Waals surface area contributed by atoms with E-state index < -0.39 is 0 Å². The molecule has 0 atom stereocenters. The van der Waals surface area contributed by atoms with Crippen molar-refractivity contribution in [3.8, 4) is 11.5 Å². The van der Waals surface area contributed by atoms with Crippen molar-refractivity contribution in [1.29, 1.82) is 0 Å². The van der Waals surface area contributed by atoms with E-state index in [9.17, 15) is 0 Å². The van der Waals surface area contributed by atoms with Crippen LogP contribution in [-0.4, -0.2) is 11.5 Å². The van der Waals surface area contributed by atoms with Gasteiger partial charge in [0.2, 0.25) is 0 Å². The van der Waals surface area contributed by atoms with Crippen LogP contribution in [-0.2, 0) is 6.54 Å². The third-order valence-electron chi connectivity index (χ3n) is 2.63. The maximum Gasteiger partial charge on any atom is 0.130 e. The summed E-state index contributed by atoms with van der Waals surface area (Å²) in [6.45, 7) is 6.14. The molecule has 1 N–H and O–H groups in total. The number of nitrogens with zero attached hydrogens (tertiary/aromatic N) is 1. The van der Waals surface area contributed by atoms with Gasteiger partial charge in [-0.05, 0) is 30.7 Å². The standard InChI is InChI=1S/C16H20N2O/c1-13(2)11-17-12-14-10-16(8-9-18-14)19-15-6-4-3-5-7-15/h3-10,13,17H,11-12H2,1-2H3. The first-order valence-electron chi connectivity index (χ1n) is 6.62. The van der Waals surface area contributed by atoms with Crippen molar-refractivity contribution in [2.24, 2.45) is 5.92 Å². The highest BCUT2D eigenvalue weighted by Crippen LogP contribution is 2.20. The van der Waals surface area contributed by atoms with Crippen LogP contribution in [0.4, 0.5) is 0 Å². The lowest BCUT2D eigenvalue weighted by Crippen LogP contribution is -2.19. The van der Waals surface area contributed by atoms with Crippen molar-refractivity contribution >= 4 is 0 Å². The second-order valence-electron chi connectivity index (χ2n) is 4.92. The molecule has 0 saturated carbocycles. The molecule has 2 rings (SSSR count). The summed E-state index contributed by atoms with van der Waals surface area (Å²) < 4.78 is 5.78. The number of rotatable bonds is 6. The monoisotopic (exact) mass is 256 g/mol. The van der Waals surface area contributed by atoms with Gasteiger partial charge < -0.3 is 10.1 Å². The lowest BCUT2D eigenvalue weighted by atomic mass is 10.2. The maximum atomic E-state index is 5.78. The van der Waals surface area contributed by atoms with Gasteiger partial charge >= 0.3 is 0 Å². The molecule has 2 aromatic rings. The van der Waals surface area contributed by atoms with E-state index in [1.165, 1.54) is 0 Å². The molecule has 0 aliphatic heterocycles. The second kappa shape index (κ2) is 6.90. The Bertz CT molecular complexity index is 497. The minimum atomic E-state index is 0.642. The van der Waals surface area contributed by atoms with E-state index in [4.69, 9.17) is 4.74 Å². The molecule has 0 bridgehead atoms. The average molecular weight is 256 g/mol. The lowest BCUT2D eigenvalue weighted by molar-refractivity contribution is 0.479. The Morgan fingerprint density at radius 2 is 1.89 bits per heavy atom. The molecule has 0 spiro atoms. The van der Waals surface area contributed by atoms with Crippen molar-refractivity contribution in [2.75, 3.05) is 6.54 Å². The Balaban J connectivity index is 1.95. The van der Waals surface area contributed by atoms with E-state index in [1.807, 2.05) is 42.5 Å². The number of para-hydroxylation sites is 1.